The molecular formula is C15H24N2O3S. The first kappa shape index (κ1) is 16.3. The lowest BCUT2D eigenvalue weighted by molar-refractivity contribution is -0.0662. The molecule has 0 aliphatic carbocycles. The van der Waals surface area contributed by atoms with E-state index in [4.69, 9.17) is 9.88 Å². The summed E-state index contributed by atoms with van der Waals surface area (Å²) in [6.45, 7) is 9.96. The van der Waals surface area contributed by atoms with E-state index in [9.17, 15) is 8.42 Å². The topological polar surface area (TPSA) is 81.4 Å². The summed E-state index contributed by atoms with van der Waals surface area (Å²) in [6.07, 6.45) is 0.846. The van der Waals surface area contributed by atoms with E-state index in [0.29, 0.717) is 5.56 Å². The highest BCUT2D eigenvalue weighted by atomic mass is 32.2. The lowest BCUT2D eigenvalue weighted by Gasteiger charge is -2.29. The van der Waals surface area contributed by atoms with Gasteiger partial charge in [-0.1, -0.05) is 6.07 Å². The SMILES string of the molecule is Cc1c(NC2CC(C)(C)OC2(C)C)cccc1S(N)(=O)=O. The number of nitrogens with two attached hydrogens (primary N) is 1. The van der Waals surface area contributed by atoms with E-state index >= 15 is 0 Å². The molecule has 1 saturated heterocycles. The zero-order valence-corrected chi connectivity index (χ0v) is 14.0. The molecule has 5 nitrogen and oxygen atoms in total. The van der Waals surface area contributed by atoms with Gasteiger partial charge in [-0.15, -0.1) is 0 Å². The van der Waals surface area contributed by atoms with Crippen LogP contribution in [-0.2, 0) is 14.8 Å². The number of ether oxygens (including phenoxy) is 1. The highest BCUT2D eigenvalue weighted by Gasteiger charge is 2.45. The molecule has 3 N–H and O–H groups in total. The van der Waals surface area contributed by atoms with E-state index < -0.39 is 10.0 Å². The van der Waals surface area contributed by atoms with Crippen molar-refractivity contribution in [3.05, 3.63) is 23.8 Å². The van der Waals surface area contributed by atoms with Gasteiger partial charge in [0.25, 0.3) is 0 Å². The van der Waals surface area contributed by atoms with E-state index in [1.54, 1.807) is 13.0 Å². The van der Waals surface area contributed by atoms with Crippen molar-refractivity contribution in [1.82, 2.24) is 0 Å². The Bertz CT molecular complexity index is 651. The number of primary sulfonamides is 1. The second-order valence-electron chi connectivity index (χ2n) is 6.84. The fourth-order valence-electron chi connectivity index (χ4n) is 3.05. The predicted molar refractivity (Wildman–Crippen MR) is 83.8 cm³/mol. The van der Waals surface area contributed by atoms with Gasteiger partial charge in [0.2, 0.25) is 10.0 Å². The van der Waals surface area contributed by atoms with Crippen molar-refractivity contribution in [1.29, 1.82) is 0 Å². The Labute approximate surface area is 126 Å². The van der Waals surface area contributed by atoms with Crippen molar-refractivity contribution in [2.75, 3.05) is 5.32 Å². The van der Waals surface area contributed by atoms with E-state index in [1.807, 2.05) is 19.9 Å². The first-order valence-corrected chi connectivity index (χ1v) is 8.56. The van der Waals surface area contributed by atoms with Gasteiger partial charge in [0, 0.05) is 5.69 Å². The number of sulfonamides is 1. The fourth-order valence-corrected chi connectivity index (χ4v) is 3.86. The highest BCUT2D eigenvalue weighted by molar-refractivity contribution is 7.89. The van der Waals surface area contributed by atoms with E-state index in [1.165, 1.54) is 6.07 Å². The van der Waals surface area contributed by atoms with Gasteiger partial charge < -0.3 is 10.1 Å². The summed E-state index contributed by atoms with van der Waals surface area (Å²) in [5, 5.41) is 8.67. The van der Waals surface area contributed by atoms with Crippen molar-refractivity contribution < 1.29 is 13.2 Å². The summed E-state index contributed by atoms with van der Waals surface area (Å²) in [6, 6.07) is 5.19. The number of hydrogen-bond donors (Lipinski definition) is 2. The van der Waals surface area contributed by atoms with Gasteiger partial charge in [-0.25, -0.2) is 13.6 Å². The van der Waals surface area contributed by atoms with Crippen molar-refractivity contribution in [3.8, 4) is 0 Å². The maximum absolute atomic E-state index is 11.6. The molecule has 1 aromatic carbocycles. The van der Waals surface area contributed by atoms with Crippen LogP contribution in [-0.4, -0.2) is 25.7 Å². The largest absolute Gasteiger partial charge is 0.379 e. The van der Waals surface area contributed by atoms with Gasteiger partial charge in [0.1, 0.15) is 0 Å². The Morgan fingerprint density at radius 2 is 1.90 bits per heavy atom. The average Bonchev–Trinajstić information content (AvgIpc) is 2.47. The molecule has 0 spiro atoms. The van der Waals surface area contributed by atoms with Crippen LogP contribution in [0.15, 0.2) is 23.1 Å². The third kappa shape index (κ3) is 3.39. The predicted octanol–water partition coefficient (Wildman–Crippen LogP) is 2.40. The van der Waals surface area contributed by atoms with Crippen LogP contribution in [0.1, 0.15) is 39.7 Å². The van der Waals surface area contributed by atoms with Gasteiger partial charge in [0.05, 0.1) is 22.1 Å². The summed E-state index contributed by atoms with van der Waals surface area (Å²) < 4.78 is 29.3. The van der Waals surface area contributed by atoms with Crippen LogP contribution in [0.3, 0.4) is 0 Å². The van der Waals surface area contributed by atoms with Gasteiger partial charge in [-0.2, -0.15) is 0 Å². The van der Waals surface area contributed by atoms with Crippen LogP contribution >= 0.6 is 0 Å². The molecule has 1 atom stereocenters. The molecule has 1 fully saturated rings. The van der Waals surface area contributed by atoms with Crippen molar-refractivity contribution in [2.24, 2.45) is 5.14 Å². The van der Waals surface area contributed by atoms with Gasteiger partial charge in [0.15, 0.2) is 0 Å². The molecule has 1 unspecified atom stereocenters. The highest BCUT2D eigenvalue weighted by Crippen LogP contribution is 2.39. The third-order valence-electron chi connectivity index (χ3n) is 3.99. The molecule has 0 saturated carbocycles. The summed E-state index contributed by atoms with van der Waals surface area (Å²) in [4.78, 5) is 0.156. The number of anilines is 1. The van der Waals surface area contributed by atoms with E-state index in [-0.39, 0.29) is 22.1 Å². The molecule has 118 valence electrons. The maximum atomic E-state index is 11.6. The van der Waals surface area contributed by atoms with Crippen molar-refractivity contribution in [3.63, 3.8) is 0 Å². The standard InChI is InChI=1S/C15H24N2O3S/c1-10-11(7-6-8-12(10)21(16,18)19)17-13-9-14(2,3)20-15(13,4)5/h6-8,13,17H,9H2,1-5H3,(H2,16,18,19). The molecule has 1 aliphatic rings. The molecule has 1 aromatic rings. The Kier molecular flexibility index (Phi) is 3.85. The zero-order chi connectivity index (χ0) is 16.1. The lowest BCUT2D eigenvalue weighted by Crippen LogP contribution is -2.38. The summed E-state index contributed by atoms with van der Waals surface area (Å²) in [5.74, 6) is 0. The summed E-state index contributed by atoms with van der Waals surface area (Å²) in [5.41, 5.74) is 0.890. The van der Waals surface area contributed by atoms with Crippen LogP contribution in [0, 0.1) is 6.92 Å². The molecule has 0 aromatic heterocycles. The monoisotopic (exact) mass is 312 g/mol. The summed E-state index contributed by atoms with van der Waals surface area (Å²) >= 11 is 0. The molecule has 6 heteroatoms. The molecule has 0 amide bonds. The van der Waals surface area contributed by atoms with Gasteiger partial charge >= 0.3 is 0 Å². The maximum Gasteiger partial charge on any atom is 0.238 e. The average molecular weight is 312 g/mol. The molecule has 21 heavy (non-hydrogen) atoms. The molecule has 0 radical (unpaired) electrons. The second-order valence-corrected chi connectivity index (χ2v) is 8.37. The lowest BCUT2D eigenvalue weighted by atomic mass is 9.94. The second kappa shape index (κ2) is 4.97. The van der Waals surface area contributed by atoms with Gasteiger partial charge in [-0.05, 0) is 58.7 Å². The number of hydrogen-bond acceptors (Lipinski definition) is 4. The van der Waals surface area contributed by atoms with E-state index in [2.05, 4.69) is 19.2 Å². The molecule has 2 rings (SSSR count). The van der Waals surface area contributed by atoms with E-state index in [0.717, 1.165) is 12.1 Å². The third-order valence-corrected chi connectivity index (χ3v) is 5.05. The Morgan fingerprint density at radius 3 is 2.38 bits per heavy atom. The molecule has 0 bridgehead atoms. The zero-order valence-electron chi connectivity index (χ0n) is 13.2. The number of rotatable bonds is 3. The first-order chi connectivity index (χ1) is 9.42. The number of benzene rings is 1. The fraction of sp³-hybridized carbons (Fsp3) is 0.600. The molecule has 1 heterocycles. The van der Waals surface area contributed by atoms with Crippen LogP contribution in [0.5, 0.6) is 0 Å². The van der Waals surface area contributed by atoms with Crippen LogP contribution in [0.2, 0.25) is 0 Å². The van der Waals surface area contributed by atoms with Crippen molar-refractivity contribution >= 4 is 15.7 Å². The minimum Gasteiger partial charge on any atom is -0.379 e. The minimum absolute atomic E-state index is 0.0990. The quantitative estimate of drug-likeness (QED) is 0.898. The summed E-state index contributed by atoms with van der Waals surface area (Å²) in [7, 11) is -3.71. The Hall–Kier alpha value is -1.11. The minimum atomic E-state index is -3.71. The Balaban J connectivity index is 2.34. The van der Waals surface area contributed by atoms with Crippen LogP contribution < -0.4 is 10.5 Å². The van der Waals surface area contributed by atoms with Crippen LogP contribution in [0.4, 0.5) is 5.69 Å². The molecule has 1 aliphatic heterocycles. The van der Waals surface area contributed by atoms with Crippen molar-refractivity contribution in [2.45, 2.75) is 63.2 Å². The molecular weight excluding hydrogens is 288 g/mol. The van der Waals surface area contributed by atoms with Crippen LogP contribution in [0.25, 0.3) is 0 Å². The normalized spacial score (nSPS) is 24.0. The first-order valence-electron chi connectivity index (χ1n) is 7.01. The Morgan fingerprint density at radius 1 is 1.29 bits per heavy atom. The smallest absolute Gasteiger partial charge is 0.238 e. The van der Waals surface area contributed by atoms with Gasteiger partial charge in [-0.3, -0.25) is 0 Å². The number of nitrogens with one attached hydrogen (secondary N) is 1.